The summed E-state index contributed by atoms with van der Waals surface area (Å²) in [5.41, 5.74) is 2.50. The standard InChI is InChI=1S/C18H29NO2/c1-13(2)10-19-11-16-8-9-17(21-16)12-20-18-7-5-6-14(3)15(18)4/h5-7,13,16-17,19H,8-12H2,1-4H3. The zero-order valence-electron chi connectivity index (χ0n) is 13.8. The highest BCUT2D eigenvalue weighted by Gasteiger charge is 2.25. The van der Waals surface area contributed by atoms with Crippen LogP contribution in [-0.4, -0.2) is 31.9 Å². The van der Waals surface area contributed by atoms with Gasteiger partial charge in [0, 0.05) is 6.54 Å². The molecule has 118 valence electrons. The minimum absolute atomic E-state index is 0.232. The summed E-state index contributed by atoms with van der Waals surface area (Å²) in [5, 5.41) is 3.47. The Morgan fingerprint density at radius 2 is 2.00 bits per heavy atom. The van der Waals surface area contributed by atoms with Gasteiger partial charge < -0.3 is 14.8 Å². The van der Waals surface area contributed by atoms with E-state index in [9.17, 15) is 0 Å². The number of aryl methyl sites for hydroxylation is 1. The largest absolute Gasteiger partial charge is 0.491 e. The Kier molecular flexibility index (Phi) is 6.07. The molecule has 3 nitrogen and oxygen atoms in total. The maximum absolute atomic E-state index is 6.05. The molecule has 3 heteroatoms. The second kappa shape index (κ2) is 7.81. The highest BCUT2D eigenvalue weighted by Crippen LogP contribution is 2.24. The van der Waals surface area contributed by atoms with Gasteiger partial charge in [0.25, 0.3) is 0 Å². The molecular formula is C18H29NO2. The molecule has 1 aromatic carbocycles. The van der Waals surface area contributed by atoms with Crippen molar-refractivity contribution in [2.75, 3.05) is 19.7 Å². The fourth-order valence-electron chi connectivity index (χ4n) is 2.65. The molecule has 1 saturated heterocycles. The quantitative estimate of drug-likeness (QED) is 0.834. The zero-order chi connectivity index (χ0) is 15.2. The van der Waals surface area contributed by atoms with Crippen LogP contribution in [0.5, 0.6) is 5.75 Å². The van der Waals surface area contributed by atoms with Gasteiger partial charge in [0.2, 0.25) is 0 Å². The van der Waals surface area contributed by atoms with E-state index in [-0.39, 0.29) is 6.10 Å². The Labute approximate surface area is 129 Å². The van der Waals surface area contributed by atoms with Gasteiger partial charge in [-0.15, -0.1) is 0 Å². The van der Waals surface area contributed by atoms with Crippen LogP contribution in [0.1, 0.15) is 37.8 Å². The molecule has 1 aliphatic rings. The first-order valence-corrected chi connectivity index (χ1v) is 8.11. The lowest BCUT2D eigenvalue weighted by Gasteiger charge is -2.17. The Balaban J connectivity index is 1.72. The Bertz CT molecular complexity index is 445. The molecule has 0 amide bonds. The molecule has 2 atom stereocenters. The summed E-state index contributed by atoms with van der Waals surface area (Å²) in [7, 11) is 0. The minimum Gasteiger partial charge on any atom is -0.491 e. The molecule has 21 heavy (non-hydrogen) atoms. The van der Waals surface area contributed by atoms with E-state index in [2.05, 4.69) is 39.1 Å². The molecule has 0 bridgehead atoms. The third-order valence-corrected chi connectivity index (χ3v) is 4.10. The Morgan fingerprint density at radius 3 is 2.76 bits per heavy atom. The van der Waals surface area contributed by atoms with Gasteiger partial charge in [-0.25, -0.2) is 0 Å². The van der Waals surface area contributed by atoms with Crippen molar-refractivity contribution in [1.29, 1.82) is 0 Å². The average molecular weight is 291 g/mol. The zero-order valence-corrected chi connectivity index (χ0v) is 13.8. The van der Waals surface area contributed by atoms with Crippen LogP contribution in [0, 0.1) is 19.8 Å². The van der Waals surface area contributed by atoms with Gasteiger partial charge in [-0.3, -0.25) is 0 Å². The molecule has 0 saturated carbocycles. The van der Waals surface area contributed by atoms with E-state index in [4.69, 9.17) is 9.47 Å². The lowest BCUT2D eigenvalue weighted by atomic mass is 10.1. The fourth-order valence-corrected chi connectivity index (χ4v) is 2.65. The summed E-state index contributed by atoms with van der Waals surface area (Å²) < 4.78 is 12.0. The van der Waals surface area contributed by atoms with Crippen LogP contribution in [0.4, 0.5) is 0 Å². The van der Waals surface area contributed by atoms with E-state index in [1.54, 1.807) is 0 Å². The van der Waals surface area contributed by atoms with Crippen LogP contribution in [-0.2, 0) is 4.74 Å². The number of benzene rings is 1. The highest BCUT2D eigenvalue weighted by atomic mass is 16.5. The Morgan fingerprint density at radius 1 is 1.24 bits per heavy atom. The molecule has 1 heterocycles. The van der Waals surface area contributed by atoms with Crippen molar-refractivity contribution in [3.05, 3.63) is 29.3 Å². The molecule has 2 rings (SSSR count). The van der Waals surface area contributed by atoms with Crippen molar-refractivity contribution in [3.63, 3.8) is 0 Å². The summed E-state index contributed by atoms with van der Waals surface area (Å²) in [4.78, 5) is 0. The minimum atomic E-state index is 0.232. The van der Waals surface area contributed by atoms with E-state index in [1.165, 1.54) is 11.1 Å². The summed E-state index contributed by atoms with van der Waals surface area (Å²) in [5.74, 6) is 1.68. The predicted molar refractivity (Wildman–Crippen MR) is 87.0 cm³/mol. The van der Waals surface area contributed by atoms with Gasteiger partial charge in [-0.05, 0) is 56.3 Å². The lowest BCUT2D eigenvalue weighted by molar-refractivity contribution is 0.0182. The van der Waals surface area contributed by atoms with Crippen LogP contribution >= 0.6 is 0 Å². The number of nitrogens with one attached hydrogen (secondary N) is 1. The topological polar surface area (TPSA) is 30.5 Å². The second-order valence-electron chi connectivity index (χ2n) is 6.52. The summed E-state index contributed by atoms with van der Waals surface area (Å²) in [6.07, 6.45) is 2.80. The van der Waals surface area contributed by atoms with E-state index in [0.717, 1.165) is 31.7 Å². The monoisotopic (exact) mass is 291 g/mol. The number of hydrogen-bond donors (Lipinski definition) is 1. The average Bonchev–Trinajstić information content (AvgIpc) is 2.88. The van der Waals surface area contributed by atoms with Crippen LogP contribution < -0.4 is 10.1 Å². The van der Waals surface area contributed by atoms with Crippen molar-refractivity contribution in [1.82, 2.24) is 5.32 Å². The van der Waals surface area contributed by atoms with E-state index < -0.39 is 0 Å². The van der Waals surface area contributed by atoms with Crippen LogP contribution in [0.15, 0.2) is 18.2 Å². The van der Waals surface area contributed by atoms with Gasteiger partial charge in [-0.2, -0.15) is 0 Å². The molecule has 0 spiro atoms. The normalized spacial score (nSPS) is 22.0. The molecule has 1 fully saturated rings. The van der Waals surface area contributed by atoms with Crippen molar-refractivity contribution in [3.8, 4) is 5.75 Å². The third kappa shape index (κ3) is 5.01. The van der Waals surface area contributed by atoms with Gasteiger partial charge >= 0.3 is 0 Å². The fraction of sp³-hybridized carbons (Fsp3) is 0.667. The smallest absolute Gasteiger partial charge is 0.122 e. The van der Waals surface area contributed by atoms with Crippen molar-refractivity contribution >= 4 is 0 Å². The molecule has 0 aliphatic carbocycles. The van der Waals surface area contributed by atoms with Gasteiger partial charge in [0.05, 0.1) is 12.2 Å². The van der Waals surface area contributed by atoms with E-state index in [0.29, 0.717) is 18.6 Å². The first kappa shape index (κ1) is 16.3. The second-order valence-corrected chi connectivity index (χ2v) is 6.52. The van der Waals surface area contributed by atoms with Gasteiger partial charge in [0.1, 0.15) is 12.4 Å². The van der Waals surface area contributed by atoms with Crippen molar-refractivity contribution in [2.45, 2.75) is 52.7 Å². The number of ether oxygens (including phenoxy) is 2. The summed E-state index contributed by atoms with van der Waals surface area (Å²) >= 11 is 0. The van der Waals surface area contributed by atoms with Crippen LogP contribution in [0.3, 0.4) is 0 Å². The first-order valence-electron chi connectivity index (χ1n) is 8.11. The number of hydrogen-bond acceptors (Lipinski definition) is 3. The summed E-state index contributed by atoms with van der Waals surface area (Å²) in [6.45, 7) is 11.4. The molecule has 0 radical (unpaired) electrons. The third-order valence-electron chi connectivity index (χ3n) is 4.10. The summed E-state index contributed by atoms with van der Waals surface area (Å²) in [6, 6.07) is 6.20. The molecule has 2 unspecified atom stereocenters. The maximum Gasteiger partial charge on any atom is 0.122 e. The highest BCUT2D eigenvalue weighted by molar-refractivity contribution is 5.38. The van der Waals surface area contributed by atoms with Crippen LogP contribution in [0.25, 0.3) is 0 Å². The van der Waals surface area contributed by atoms with E-state index >= 15 is 0 Å². The van der Waals surface area contributed by atoms with E-state index in [1.807, 2.05) is 12.1 Å². The number of rotatable bonds is 7. The molecule has 1 aromatic rings. The lowest BCUT2D eigenvalue weighted by Crippen LogP contribution is -2.30. The van der Waals surface area contributed by atoms with Crippen LogP contribution in [0.2, 0.25) is 0 Å². The Hall–Kier alpha value is -1.06. The molecule has 0 aromatic heterocycles. The SMILES string of the molecule is Cc1cccc(OCC2CCC(CNCC(C)C)O2)c1C. The van der Waals surface area contributed by atoms with Gasteiger partial charge in [-0.1, -0.05) is 26.0 Å². The molecule has 1 aliphatic heterocycles. The molecular weight excluding hydrogens is 262 g/mol. The molecule has 1 N–H and O–H groups in total. The maximum atomic E-state index is 6.05. The van der Waals surface area contributed by atoms with Crippen molar-refractivity contribution in [2.24, 2.45) is 5.92 Å². The van der Waals surface area contributed by atoms with Gasteiger partial charge in [0.15, 0.2) is 0 Å². The predicted octanol–water partition coefficient (Wildman–Crippen LogP) is 3.48. The first-order chi connectivity index (χ1) is 10.1. The van der Waals surface area contributed by atoms with Crippen molar-refractivity contribution < 1.29 is 9.47 Å².